The molecule has 104 valence electrons. The molecule has 0 amide bonds. The van der Waals surface area contributed by atoms with Crippen molar-refractivity contribution in [2.75, 3.05) is 0 Å². The van der Waals surface area contributed by atoms with Crippen molar-refractivity contribution >= 4 is 5.97 Å². The van der Waals surface area contributed by atoms with Crippen molar-refractivity contribution < 1.29 is 27.5 Å². The fraction of sp³-hybridized carbons (Fsp3) is 0.0714. The van der Waals surface area contributed by atoms with Crippen LogP contribution in [0.3, 0.4) is 0 Å². The summed E-state index contributed by atoms with van der Waals surface area (Å²) in [5.41, 5.74) is -1.47. The summed E-state index contributed by atoms with van der Waals surface area (Å²) in [5, 5.41) is 8.81. The molecule has 0 fully saturated rings. The van der Waals surface area contributed by atoms with E-state index < -0.39 is 34.8 Å². The highest BCUT2D eigenvalue weighted by molar-refractivity contribution is 5.90. The predicted octanol–water partition coefficient (Wildman–Crippen LogP) is 3.92. The first-order valence-corrected chi connectivity index (χ1v) is 5.51. The minimum absolute atomic E-state index is 0.234. The van der Waals surface area contributed by atoms with Crippen molar-refractivity contribution in [1.29, 1.82) is 0 Å². The van der Waals surface area contributed by atoms with Crippen molar-refractivity contribution in [1.82, 2.24) is 0 Å². The molecule has 2 aromatic carbocycles. The number of carbonyl (C=O) groups is 1. The van der Waals surface area contributed by atoms with Gasteiger partial charge >= 0.3 is 5.97 Å². The number of carboxylic acid groups (broad SMARTS) is 1. The molecule has 2 aromatic rings. The monoisotopic (exact) mass is 284 g/mol. The van der Waals surface area contributed by atoms with E-state index in [1.54, 1.807) is 0 Å². The molecule has 2 nitrogen and oxygen atoms in total. The lowest BCUT2D eigenvalue weighted by molar-refractivity contribution is 0.0692. The lowest BCUT2D eigenvalue weighted by atomic mass is 9.97. The molecule has 0 unspecified atom stereocenters. The maximum Gasteiger partial charge on any atom is 0.338 e. The van der Waals surface area contributed by atoms with Crippen LogP contribution in [0.5, 0.6) is 0 Å². The minimum atomic E-state index is -1.65. The topological polar surface area (TPSA) is 37.3 Å². The normalized spacial score (nSPS) is 10.7. The minimum Gasteiger partial charge on any atom is -0.478 e. The fourth-order valence-electron chi connectivity index (χ4n) is 1.87. The number of halogens is 4. The number of rotatable bonds is 2. The van der Waals surface area contributed by atoms with Crippen molar-refractivity contribution in [2.45, 2.75) is 6.92 Å². The number of hydrogen-bond donors (Lipinski definition) is 1. The van der Waals surface area contributed by atoms with Crippen molar-refractivity contribution in [3.8, 4) is 11.1 Å². The first-order chi connectivity index (χ1) is 9.34. The molecule has 0 aliphatic rings. The molecule has 0 radical (unpaired) electrons. The van der Waals surface area contributed by atoms with Gasteiger partial charge in [-0.1, -0.05) is 12.1 Å². The Morgan fingerprint density at radius 2 is 1.65 bits per heavy atom. The third-order valence-electron chi connectivity index (χ3n) is 2.93. The van der Waals surface area contributed by atoms with E-state index in [2.05, 4.69) is 0 Å². The van der Waals surface area contributed by atoms with Gasteiger partial charge in [0.15, 0.2) is 17.5 Å². The van der Waals surface area contributed by atoms with Crippen molar-refractivity contribution in [3.63, 3.8) is 0 Å². The maximum absolute atomic E-state index is 14.0. The van der Waals surface area contributed by atoms with E-state index in [4.69, 9.17) is 5.11 Å². The number of hydrogen-bond acceptors (Lipinski definition) is 1. The van der Waals surface area contributed by atoms with E-state index >= 15 is 0 Å². The quantitative estimate of drug-likeness (QED) is 0.670. The summed E-state index contributed by atoms with van der Waals surface area (Å²) >= 11 is 0. The van der Waals surface area contributed by atoms with E-state index in [-0.39, 0.29) is 16.7 Å². The van der Waals surface area contributed by atoms with Gasteiger partial charge in [-0.25, -0.2) is 22.4 Å². The van der Waals surface area contributed by atoms with Gasteiger partial charge in [0.1, 0.15) is 5.82 Å². The molecule has 0 aliphatic heterocycles. The molecule has 0 heterocycles. The van der Waals surface area contributed by atoms with Crippen LogP contribution in [0.25, 0.3) is 11.1 Å². The molecule has 0 saturated carbocycles. The van der Waals surface area contributed by atoms with Crippen LogP contribution in [0.15, 0.2) is 24.3 Å². The highest BCUT2D eigenvalue weighted by atomic mass is 19.2. The molecule has 0 aliphatic carbocycles. The van der Waals surface area contributed by atoms with Gasteiger partial charge in [0.05, 0.1) is 5.56 Å². The van der Waals surface area contributed by atoms with Crippen LogP contribution in [0, 0.1) is 30.2 Å². The molecular formula is C14H8F4O2. The van der Waals surface area contributed by atoms with E-state index in [1.165, 1.54) is 12.1 Å². The summed E-state index contributed by atoms with van der Waals surface area (Å²) in [6, 6.07) is 4.06. The smallest absolute Gasteiger partial charge is 0.338 e. The van der Waals surface area contributed by atoms with Gasteiger partial charge in [-0.05, 0) is 30.2 Å². The van der Waals surface area contributed by atoms with Crippen molar-refractivity contribution in [2.24, 2.45) is 0 Å². The average molecular weight is 284 g/mol. The zero-order valence-electron chi connectivity index (χ0n) is 10.2. The molecule has 0 atom stereocenters. The van der Waals surface area contributed by atoms with Gasteiger partial charge in [0, 0.05) is 5.56 Å². The highest BCUT2D eigenvalue weighted by Gasteiger charge is 2.21. The van der Waals surface area contributed by atoms with Crippen LogP contribution >= 0.6 is 0 Å². The van der Waals surface area contributed by atoms with Crippen LogP contribution in [0.4, 0.5) is 17.6 Å². The van der Waals surface area contributed by atoms with E-state index in [0.29, 0.717) is 6.07 Å². The lowest BCUT2D eigenvalue weighted by Gasteiger charge is -2.11. The highest BCUT2D eigenvalue weighted by Crippen LogP contribution is 2.31. The van der Waals surface area contributed by atoms with Crippen LogP contribution in [0.2, 0.25) is 0 Å². The Morgan fingerprint density at radius 3 is 2.25 bits per heavy atom. The van der Waals surface area contributed by atoms with Gasteiger partial charge in [0.2, 0.25) is 0 Å². The molecule has 2 rings (SSSR count). The van der Waals surface area contributed by atoms with Gasteiger partial charge in [-0.3, -0.25) is 0 Å². The van der Waals surface area contributed by atoms with Gasteiger partial charge in [0.25, 0.3) is 0 Å². The van der Waals surface area contributed by atoms with Crippen molar-refractivity contribution in [3.05, 3.63) is 58.7 Å². The molecule has 0 bridgehead atoms. The standard InChI is InChI=1S/C14H8F4O2/c1-6-9(5-10(15)13(18)11(6)16)7-3-2-4-8(12(7)17)14(19)20/h2-5H,1H3,(H,19,20). The number of carboxylic acids is 1. The molecule has 1 N–H and O–H groups in total. The Hall–Kier alpha value is -2.37. The molecule has 0 spiro atoms. The predicted molar refractivity (Wildman–Crippen MR) is 63.4 cm³/mol. The summed E-state index contributed by atoms with van der Waals surface area (Å²) in [6.07, 6.45) is 0. The SMILES string of the molecule is Cc1c(-c2cccc(C(=O)O)c2F)cc(F)c(F)c1F. The first-order valence-electron chi connectivity index (χ1n) is 5.51. The second-order valence-corrected chi connectivity index (χ2v) is 4.13. The number of benzene rings is 2. The lowest BCUT2D eigenvalue weighted by Crippen LogP contribution is -2.04. The second-order valence-electron chi connectivity index (χ2n) is 4.13. The zero-order chi connectivity index (χ0) is 15.0. The Morgan fingerprint density at radius 1 is 1.00 bits per heavy atom. The van der Waals surface area contributed by atoms with E-state index in [9.17, 15) is 22.4 Å². The Kier molecular flexibility index (Phi) is 3.48. The van der Waals surface area contributed by atoms with Crippen LogP contribution in [0.1, 0.15) is 15.9 Å². The fourth-order valence-corrected chi connectivity index (χ4v) is 1.87. The Bertz CT molecular complexity index is 711. The summed E-state index contributed by atoms with van der Waals surface area (Å²) in [5.74, 6) is -7.19. The molecule has 20 heavy (non-hydrogen) atoms. The van der Waals surface area contributed by atoms with Crippen LogP contribution < -0.4 is 0 Å². The van der Waals surface area contributed by atoms with Crippen LogP contribution in [-0.4, -0.2) is 11.1 Å². The second kappa shape index (κ2) is 4.96. The Labute approximate surface area is 111 Å². The molecule has 0 aromatic heterocycles. The third-order valence-corrected chi connectivity index (χ3v) is 2.93. The van der Waals surface area contributed by atoms with Gasteiger partial charge in [-0.15, -0.1) is 0 Å². The average Bonchev–Trinajstić information content (AvgIpc) is 2.41. The van der Waals surface area contributed by atoms with E-state index in [1.807, 2.05) is 0 Å². The largest absolute Gasteiger partial charge is 0.478 e. The van der Waals surface area contributed by atoms with Crippen LogP contribution in [-0.2, 0) is 0 Å². The third kappa shape index (κ3) is 2.13. The summed E-state index contributed by atoms with van der Waals surface area (Å²) in [6.45, 7) is 1.15. The Balaban J connectivity index is 2.76. The van der Waals surface area contributed by atoms with E-state index in [0.717, 1.165) is 13.0 Å². The molecular weight excluding hydrogens is 276 g/mol. The molecule has 0 saturated heterocycles. The maximum atomic E-state index is 14.0. The summed E-state index contributed by atoms with van der Waals surface area (Å²) in [7, 11) is 0. The molecule has 6 heteroatoms. The first kappa shape index (κ1) is 14.0. The summed E-state index contributed by atoms with van der Waals surface area (Å²) < 4.78 is 53.8. The van der Waals surface area contributed by atoms with Gasteiger partial charge in [-0.2, -0.15) is 0 Å². The zero-order valence-corrected chi connectivity index (χ0v) is 10.2. The number of aromatic carboxylic acids is 1. The van der Waals surface area contributed by atoms with Gasteiger partial charge < -0.3 is 5.11 Å². The summed E-state index contributed by atoms with van der Waals surface area (Å²) in [4.78, 5) is 10.8.